The Hall–Kier alpha value is -6.96. The molecule has 0 radical (unpaired) electrons. The van der Waals surface area contributed by atoms with Crippen LogP contribution in [0.2, 0.25) is 0 Å². The molecule has 1 aromatic heterocycles. The lowest BCUT2D eigenvalue weighted by Crippen LogP contribution is -2.11. The summed E-state index contributed by atoms with van der Waals surface area (Å²) in [5.41, 5.74) is 17.6. The number of benzene rings is 8. The summed E-state index contributed by atoms with van der Waals surface area (Å²) in [7, 11) is 2.22. The van der Waals surface area contributed by atoms with Gasteiger partial charge in [-0.2, -0.15) is 0 Å². The van der Waals surface area contributed by atoms with Crippen molar-refractivity contribution in [2.45, 2.75) is 32.1 Å². The van der Waals surface area contributed by atoms with Crippen LogP contribution in [0.1, 0.15) is 50.9 Å². The summed E-state index contributed by atoms with van der Waals surface area (Å²) in [6.45, 7) is 0. The average Bonchev–Trinajstić information content (AvgIpc) is 3.42. The Bertz CT molecular complexity index is 3220. The molecular formula is C59H47N. The van der Waals surface area contributed by atoms with Gasteiger partial charge in [0.25, 0.3) is 0 Å². The van der Waals surface area contributed by atoms with Crippen LogP contribution in [0.25, 0.3) is 67.2 Å². The normalized spacial score (nSPS) is 14.1. The SMILES string of the molecule is Cn1c2ccc(CC[C@@H](Cc3ccccc3)C3=C4C=Cc5cccc6ccc(c(c56)C4)C=C3)cc2c2cc(C(=Cc3ccccc3)Cc3cccc4ccccc34)ccc21. The molecule has 60 heavy (non-hydrogen) atoms. The first kappa shape index (κ1) is 36.1. The number of aromatic nitrogens is 1. The summed E-state index contributed by atoms with van der Waals surface area (Å²) in [4.78, 5) is 0. The molecule has 1 heterocycles. The monoisotopic (exact) mass is 769 g/mol. The first-order chi connectivity index (χ1) is 29.6. The van der Waals surface area contributed by atoms with Crippen molar-refractivity contribution < 1.29 is 0 Å². The van der Waals surface area contributed by atoms with Crippen LogP contribution in [-0.2, 0) is 32.7 Å². The summed E-state index contributed by atoms with van der Waals surface area (Å²) in [5.74, 6) is 0.379. The Balaban J connectivity index is 0.962. The molecular weight excluding hydrogens is 723 g/mol. The topological polar surface area (TPSA) is 4.93 Å². The maximum absolute atomic E-state index is 2.49. The second-order valence-electron chi connectivity index (χ2n) is 16.9. The highest BCUT2D eigenvalue weighted by molar-refractivity contribution is 6.09. The minimum absolute atomic E-state index is 0.379. The van der Waals surface area contributed by atoms with Gasteiger partial charge in [0.1, 0.15) is 0 Å². The van der Waals surface area contributed by atoms with Crippen molar-refractivity contribution in [1.29, 1.82) is 0 Å². The minimum atomic E-state index is 0.379. The van der Waals surface area contributed by atoms with Crippen LogP contribution < -0.4 is 0 Å². The molecule has 2 aliphatic carbocycles. The van der Waals surface area contributed by atoms with E-state index in [1.54, 1.807) is 0 Å². The fourth-order valence-corrected chi connectivity index (χ4v) is 10.2. The highest BCUT2D eigenvalue weighted by Crippen LogP contribution is 2.40. The molecule has 0 saturated heterocycles. The van der Waals surface area contributed by atoms with E-state index >= 15 is 0 Å². The third-order valence-corrected chi connectivity index (χ3v) is 13.3. The van der Waals surface area contributed by atoms with E-state index in [4.69, 9.17) is 0 Å². The second kappa shape index (κ2) is 15.3. The van der Waals surface area contributed by atoms with Gasteiger partial charge in [0, 0.05) is 28.9 Å². The summed E-state index contributed by atoms with van der Waals surface area (Å²) in [6.07, 6.45) is 16.9. The van der Waals surface area contributed by atoms with Gasteiger partial charge < -0.3 is 4.57 Å². The molecule has 0 saturated carbocycles. The zero-order valence-electron chi connectivity index (χ0n) is 34.1. The molecule has 1 nitrogen and oxygen atoms in total. The maximum Gasteiger partial charge on any atom is 0.0489 e. The summed E-state index contributed by atoms with van der Waals surface area (Å²) >= 11 is 0. The van der Waals surface area contributed by atoms with E-state index in [2.05, 4.69) is 212 Å². The zero-order chi connectivity index (χ0) is 40.0. The van der Waals surface area contributed by atoms with Gasteiger partial charge in [-0.1, -0.05) is 176 Å². The van der Waals surface area contributed by atoms with Crippen molar-refractivity contribution in [3.63, 3.8) is 0 Å². The number of fused-ring (bicyclic) bond motifs is 5. The number of nitrogens with zero attached hydrogens (tertiary/aromatic N) is 1. The Morgan fingerprint density at radius 1 is 0.583 bits per heavy atom. The van der Waals surface area contributed by atoms with Crippen molar-refractivity contribution in [1.82, 2.24) is 4.57 Å². The lowest BCUT2D eigenvalue weighted by molar-refractivity contribution is 0.563. The maximum atomic E-state index is 2.49. The Kier molecular flexibility index (Phi) is 9.23. The summed E-state index contributed by atoms with van der Waals surface area (Å²) < 4.78 is 2.37. The average molecular weight is 770 g/mol. The Labute approximate surface area is 353 Å². The van der Waals surface area contributed by atoms with E-state index in [9.17, 15) is 0 Å². The highest BCUT2D eigenvalue weighted by Gasteiger charge is 2.23. The molecule has 288 valence electrons. The number of rotatable bonds is 10. The standard InChI is InChI=1S/C59H47N/c1-60-57-32-23-42(22-24-49(34-40-12-4-2-5-13-40)53-31-29-44-25-26-45-18-11-19-46-27-28-50(53)39-54(44)59(45)46)36-55(57)56-38-47(30-33-58(56)60)51(35-41-14-6-3-7-15-41)37-48-20-10-17-43-16-8-9-21-52(43)48/h2-21,23,25-33,35-36,38,49H,22,24,34,37,39H2,1H3/t49-/m0/s1. The predicted molar refractivity (Wildman–Crippen MR) is 257 cm³/mol. The third kappa shape index (κ3) is 6.71. The third-order valence-electron chi connectivity index (χ3n) is 13.3. The van der Waals surface area contributed by atoms with Crippen molar-refractivity contribution in [3.05, 3.63) is 238 Å². The van der Waals surface area contributed by atoms with Crippen LogP contribution in [0.3, 0.4) is 0 Å². The van der Waals surface area contributed by atoms with Gasteiger partial charge in [0.05, 0.1) is 0 Å². The molecule has 0 fully saturated rings. The van der Waals surface area contributed by atoms with Gasteiger partial charge in [0.15, 0.2) is 0 Å². The molecule has 0 aliphatic heterocycles. The van der Waals surface area contributed by atoms with Crippen molar-refractivity contribution in [2.75, 3.05) is 0 Å². The van der Waals surface area contributed by atoms with Crippen LogP contribution in [0.5, 0.6) is 0 Å². The smallest absolute Gasteiger partial charge is 0.0489 e. The van der Waals surface area contributed by atoms with Gasteiger partial charge in [0.2, 0.25) is 0 Å². The fourth-order valence-electron chi connectivity index (χ4n) is 10.2. The molecule has 1 atom stereocenters. The fraction of sp³-hybridized carbons (Fsp3) is 0.119. The number of aryl methyl sites for hydroxylation is 2. The van der Waals surface area contributed by atoms with Crippen LogP contribution in [0, 0.1) is 5.92 Å². The molecule has 0 unspecified atom stereocenters. The molecule has 9 aromatic rings. The molecule has 2 aliphatic rings. The predicted octanol–water partition coefficient (Wildman–Crippen LogP) is 14.8. The highest BCUT2D eigenvalue weighted by atomic mass is 14.9. The van der Waals surface area contributed by atoms with E-state index in [0.29, 0.717) is 5.92 Å². The molecule has 0 N–H and O–H groups in total. The quantitative estimate of drug-likeness (QED) is 0.122. The Morgan fingerprint density at radius 3 is 2.20 bits per heavy atom. The Morgan fingerprint density at radius 2 is 1.32 bits per heavy atom. The van der Waals surface area contributed by atoms with E-state index in [1.165, 1.54) is 105 Å². The lowest BCUT2D eigenvalue weighted by Gasteiger charge is -2.21. The van der Waals surface area contributed by atoms with E-state index < -0.39 is 0 Å². The van der Waals surface area contributed by atoms with Gasteiger partial charge in [-0.15, -0.1) is 0 Å². The first-order valence-corrected chi connectivity index (χ1v) is 21.5. The molecule has 8 aromatic carbocycles. The lowest BCUT2D eigenvalue weighted by atomic mass is 9.83. The number of hydrogen-bond acceptors (Lipinski definition) is 0. The van der Waals surface area contributed by atoms with E-state index in [1.807, 2.05) is 0 Å². The molecule has 2 bridgehead atoms. The second-order valence-corrected chi connectivity index (χ2v) is 16.9. The molecule has 1 heteroatoms. The number of hydrogen-bond donors (Lipinski definition) is 0. The van der Waals surface area contributed by atoms with Crippen LogP contribution in [0.4, 0.5) is 0 Å². The van der Waals surface area contributed by atoms with Crippen molar-refractivity contribution in [3.8, 4) is 0 Å². The van der Waals surface area contributed by atoms with Crippen LogP contribution in [-0.4, -0.2) is 4.57 Å². The van der Waals surface area contributed by atoms with Gasteiger partial charge >= 0.3 is 0 Å². The van der Waals surface area contributed by atoms with E-state index in [0.717, 1.165) is 32.1 Å². The van der Waals surface area contributed by atoms with Gasteiger partial charge in [-0.25, -0.2) is 0 Å². The van der Waals surface area contributed by atoms with Crippen molar-refractivity contribution in [2.24, 2.45) is 13.0 Å². The summed E-state index contributed by atoms with van der Waals surface area (Å²) in [5, 5.41) is 7.99. The van der Waals surface area contributed by atoms with Crippen LogP contribution >= 0.6 is 0 Å². The van der Waals surface area contributed by atoms with E-state index in [-0.39, 0.29) is 0 Å². The van der Waals surface area contributed by atoms with Crippen LogP contribution in [0.15, 0.2) is 193 Å². The molecule has 11 rings (SSSR count). The van der Waals surface area contributed by atoms with Crippen molar-refractivity contribution >= 4 is 67.2 Å². The largest absolute Gasteiger partial charge is 0.344 e. The van der Waals surface area contributed by atoms with Gasteiger partial charge in [-0.05, 0) is 145 Å². The van der Waals surface area contributed by atoms with Gasteiger partial charge in [-0.3, -0.25) is 0 Å². The number of allylic oxidation sites excluding steroid dienone is 5. The molecule has 0 spiro atoms. The molecule has 0 amide bonds. The summed E-state index contributed by atoms with van der Waals surface area (Å²) in [6, 6.07) is 63.0. The first-order valence-electron chi connectivity index (χ1n) is 21.5. The zero-order valence-corrected chi connectivity index (χ0v) is 34.1. The minimum Gasteiger partial charge on any atom is -0.344 e.